The van der Waals surface area contributed by atoms with Crippen molar-refractivity contribution in [2.45, 2.75) is 52.1 Å². The van der Waals surface area contributed by atoms with Gasteiger partial charge in [-0.15, -0.1) is 0 Å². The number of amides is 2. The number of nitrogens with one attached hydrogen (secondary N) is 2. The number of hydrogen-bond acceptors (Lipinski definition) is 2. The average molecular weight is 242 g/mol. The van der Waals surface area contributed by atoms with E-state index in [0.717, 1.165) is 12.8 Å². The lowest BCUT2D eigenvalue weighted by atomic mass is 9.78. The summed E-state index contributed by atoms with van der Waals surface area (Å²) in [5, 5.41) is 14.0. The summed E-state index contributed by atoms with van der Waals surface area (Å²) >= 11 is 0. The molecule has 0 aromatic heterocycles. The molecule has 5 heteroatoms. The van der Waals surface area contributed by atoms with Crippen molar-refractivity contribution in [2.24, 2.45) is 11.8 Å². The highest BCUT2D eigenvalue weighted by atomic mass is 16.4. The highest BCUT2D eigenvalue weighted by Crippen LogP contribution is 2.29. The second-order valence-corrected chi connectivity index (χ2v) is 5.05. The van der Waals surface area contributed by atoms with E-state index in [2.05, 4.69) is 24.5 Å². The molecule has 0 aromatic carbocycles. The van der Waals surface area contributed by atoms with Crippen LogP contribution < -0.4 is 10.6 Å². The summed E-state index contributed by atoms with van der Waals surface area (Å²) in [6.45, 7) is 5.78. The van der Waals surface area contributed by atoms with Crippen molar-refractivity contribution in [1.82, 2.24) is 10.6 Å². The molecule has 0 radical (unpaired) electrons. The third-order valence-corrected chi connectivity index (χ3v) is 3.74. The first kappa shape index (κ1) is 13.8. The second-order valence-electron chi connectivity index (χ2n) is 5.05. The van der Waals surface area contributed by atoms with E-state index in [-0.39, 0.29) is 12.1 Å². The fourth-order valence-electron chi connectivity index (χ4n) is 2.25. The summed E-state index contributed by atoms with van der Waals surface area (Å²) in [5.74, 6) is 0.0193. The van der Waals surface area contributed by atoms with Gasteiger partial charge in [0.15, 0.2) is 0 Å². The number of hydrogen-bond donors (Lipinski definition) is 3. The molecule has 2 amide bonds. The Bertz CT molecular complexity index is 293. The van der Waals surface area contributed by atoms with Crippen LogP contribution in [0.3, 0.4) is 0 Å². The maximum atomic E-state index is 11.6. The number of aliphatic carboxylic acids is 1. The molecule has 0 aliphatic heterocycles. The van der Waals surface area contributed by atoms with Gasteiger partial charge in [0, 0.05) is 6.04 Å². The van der Waals surface area contributed by atoms with Crippen molar-refractivity contribution in [2.75, 3.05) is 0 Å². The Morgan fingerprint density at radius 2 is 1.94 bits per heavy atom. The topological polar surface area (TPSA) is 78.4 Å². The number of carboxylic acids is 1. The third-order valence-electron chi connectivity index (χ3n) is 3.74. The summed E-state index contributed by atoms with van der Waals surface area (Å²) in [5.41, 5.74) is 0. The highest BCUT2D eigenvalue weighted by molar-refractivity contribution is 5.82. The van der Waals surface area contributed by atoms with Gasteiger partial charge in [0.05, 0.1) is 0 Å². The molecular weight excluding hydrogens is 220 g/mol. The van der Waals surface area contributed by atoms with Crippen LogP contribution >= 0.6 is 0 Å². The lowest BCUT2D eigenvalue weighted by Gasteiger charge is -2.34. The van der Waals surface area contributed by atoms with Gasteiger partial charge in [0.25, 0.3) is 0 Å². The molecule has 0 bridgehead atoms. The van der Waals surface area contributed by atoms with Crippen molar-refractivity contribution in [3.8, 4) is 0 Å². The third kappa shape index (κ3) is 3.91. The van der Waals surface area contributed by atoms with E-state index < -0.39 is 12.0 Å². The van der Waals surface area contributed by atoms with Crippen LogP contribution in [0, 0.1) is 11.8 Å². The van der Waals surface area contributed by atoms with Gasteiger partial charge in [-0.1, -0.05) is 26.7 Å². The minimum atomic E-state index is -1.02. The fourth-order valence-corrected chi connectivity index (χ4v) is 2.25. The Kier molecular flexibility index (Phi) is 4.78. The summed E-state index contributed by atoms with van der Waals surface area (Å²) in [4.78, 5) is 22.2. The van der Waals surface area contributed by atoms with Gasteiger partial charge in [0.1, 0.15) is 6.04 Å². The van der Waals surface area contributed by atoms with Crippen molar-refractivity contribution in [3.63, 3.8) is 0 Å². The number of carbonyl (C=O) groups is 2. The Morgan fingerprint density at radius 1 is 1.29 bits per heavy atom. The maximum absolute atomic E-state index is 11.6. The van der Waals surface area contributed by atoms with Crippen molar-refractivity contribution in [1.29, 1.82) is 0 Å². The SMILES string of the molecule is CC1CCCC(NC(=O)N[C@@H](C)C(=O)O)C1C. The fraction of sp³-hybridized carbons (Fsp3) is 0.833. The standard InChI is InChI=1S/C12H22N2O3/c1-7-5-4-6-10(8(7)2)14-12(17)13-9(3)11(15)16/h7-10H,4-6H2,1-3H3,(H,15,16)(H2,13,14,17)/t7?,8?,9-,10?/m0/s1. The summed E-state index contributed by atoms with van der Waals surface area (Å²) in [6, 6.07) is -1.09. The van der Waals surface area contributed by atoms with Gasteiger partial charge in [-0.3, -0.25) is 4.79 Å². The van der Waals surface area contributed by atoms with Crippen LogP contribution in [0.1, 0.15) is 40.0 Å². The van der Waals surface area contributed by atoms with Crippen molar-refractivity contribution in [3.05, 3.63) is 0 Å². The van der Waals surface area contributed by atoms with Crippen molar-refractivity contribution < 1.29 is 14.7 Å². The van der Waals surface area contributed by atoms with E-state index >= 15 is 0 Å². The summed E-state index contributed by atoms with van der Waals surface area (Å²) in [6.07, 6.45) is 3.29. The zero-order valence-electron chi connectivity index (χ0n) is 10.7. The quantitative estimate of drug-likeness (QED) is 0.703. The van der Waals surface area contributed by atoms with Crippen LogP contribution in [-0.4, -0.2) is 29.2 Å². The number of carbonyl (C=O) groups excluding carboxylic acids is 1. The van der Waals surface area contributed by atoms with Crippen LogP contribution in [0.25, 0.3) is 0 Å². The molecule has 1 rings (SSSR count). The first-order valence-electron chi connectivity index (χ1n) is 6.21. The summed E-state index contributed by atoms with van der Waals surface area (Å²) < 4.78 is 0. The van der Waals surface area contributed by atoms with Gasteiger partial charge in [-0.05, 0) is 25.2 Å². The van der Waals surface area contributed by atoms with Crippen LogP contribution in [0.5, 0.6) is 0 Å². The molecule has 0 saturated heterocycles. The largest absolute Gasteiger partial charge is 0.480 e. The lowest BCUT2D eigenvalue weighted by molar-refractivity contribution is -0.138. The molecule has 1 fully saturated rings. The van der Waals surface area contributed by atoms with Gasteiger partial charge < -0.3 is 15.7 Å². The normalized spacial score (nSPS) is 30.4. The highest BCUT2D eigenvalue weighted by Gasteiger charge is 2.28. The van der Waals surface area contributed by atoms with Crippen LogP contribution in [0.15, 0.2) is 0 Å². The molecule has 0 aromatic rings. The van der Waals surface area contributed by atoms with Crippen LogP contribution in [0.4, 0.5) is 4.79 Å². The number of carboxylic acid groups (broad SMARTS) is 1. The average Bonchev–Trinajstić information content (AvgIpc) is 2.24. The molecule has 5 nitrogen and oxygen atoms in total. The van der Waals surface area contributed by atoms with E-state index in [1.165, 1.54) is 13.3 Å². The number of rotatable bonds is 3. The Hall–Kier alpha value is -1.26. The molecule has 1 saturated carbocycles. The smallest absolute Gasteiger partial charge is 0.325 e. The predicted octanol–water partition coefficient (Wildman–Crippen LogP) is 1.58. The van der Waals surface area contributed by atoms with Gasteiger partial charge in [-0.2, -0.15) is 0 Å². The lowest BCUT2D eigenvalue weighted by Crippen LogP contribution is -2.51. The minimum absolute atomic E-state index is 0.153. The van der Waals surface area contributed by atoms with E-state index in [0.29, 0.717) is 11.8 Å². The van der Waals surface area contributed by atoms with Crippen LogP contribution in [0.2, 0.25) is 0 Å². The van der Waals surface area contributed by atoms with Gasteiger partial charge in [-0.25, -0.2) is 4.79 Å². The molecule has 0 heterocycles. The molecule has 1 aliphatic carbocycles. The van der Waals surface area contributed by atoms with Crippen LogP contribution in [-0.2, 0) is 4.79 Å². The zero-order valence-corrected chi connectivity index (χ0v) is 10.7. The van der Waals surface area contributed by atoms with E-state index in [9.17, 15) is 9.59 Å². The molecular formula is C12H22N2O3. The molecule has 3 unspecified atom stereocenters. The van der Waals surface area contributed by atoms with E-state index in [1.807, 2.05) is 0 Å². The minimum Gasteiger partial charge on any atom is -0.480 e. The predicted molar refractivity (Wildman–Crippen MR) is 64.7 cm³/mol. The van der Waals surface area contributed by atoms with E-state index in [1.54, 1.807) is 0 Å². The molecule has 0 spiro atoms. The second kappa shape index (κ2) is 5.89. The molecule has 98 valence electrons. The van der Waals surface area contributed by atoms with Gasteiger partial charge in [0.2, 0.25) is 0 Å². The van der Waals surface area contributed by atoms with Gasteiger partial charge >= 0.3 is 12.0 Å². The van der Waals surface area contributed by atoms with Crippen molar-refractivity contribution >= 4 is 12.0 Å². The Morgan fingerprint density at radius 3 is 2.53 bits per heavy atom. The zero-order chi connectivity index (χ0) is 13.0. The van der Waals surface area contributed by atoms with E-state index in [4.69, 9.17) is 5.11 Å². The monoisotopic (exact) mass is 242 g/mol. The molecule has 4 atom stereocenters. The molecule has 3 N–H and O–H groups in total. The molecule has 17 heavy (non-hydrogen) atoms. The maximum Gasteiger partial charge on any atom is 0.325 e. The summed E-state index contributed by atoms with van der Waals surface area (Å²) in [7, 11) is 0. The Labute approximate surface area is 102 Å². The first-order valence-corrected chi connectivity index (χ1v) is 6.21. The first-order chi connectivity index (χ1) is 7.91. The molecule has 1 aliphatic rings. The number of urea groups is 1. The Balaban J connectivity index is 2.42.